The van der Waals surface area contributed by atoms with Crippen molar-refractivity contribution in [2.24, 2.45) is 7.05 Å². The fourth-order valence-electron chi connectivity index (χ4n) is 0.865. The van der Waals surface area contributed by atoms with Crippen LogP contribution < -0.4 is 5.73 Å². The SMILES string of the molecule is Cn1nnnc1Sc1ccc(N)nc1. The average molecular weight is 208 g/mol. The fourth-order valence-corrected chi connectivity index (χ4v) is 1.56. The van der Waals surface area contributed by atoms with Gasteiger partial charge in [-0.05, 0) is 34.3 Å². The number of tetrazole rings is 1. The van der Waals surface area contributed by atoms with Crippen LogP contribution >= 0.6 is 11.8 Å². The molecule has 7 heteroatoms. The molecule has 72 valence electrons. The Morgan fingerprint density at radius 3 is 2.86 bits per heavy atom. The Kier molecular flexibility index (Phi) is 2.32. The molecule has 2 aromatic heterocycles. The molecule has 0 aliphatic rings. The Morgan fingerprint density at radius 2 is 2.29 bits per heavy atom. The molecule has 0 fully saturated rings. The highest BCUT2D eigenvalue weighted by Gasteiger charge is 2.04. The summed E-state index contributed by atoms with van der Waals surface area (Å²) in [5, 5.41) is 11.8. The Bertz CT molecular complexity index is 422. The van der Waals surface area contributed by atoms with E-state index in [1.807, 2.05) is 6.07 Å². The molecule has 0 atom stereocenters. The van der Waals surface area contributed by atoms with Gasteiger partial charge in [-0.25, -0.2) is 9.67 Å². The molecule has 0 aliphatic heterocycles. The summed E-state index contributed by atoms with van der Waals surface area (Å²) in [7, 11) is 1.78. The van der Waals surface area contributed by atoms with Crippen LogP contribution in [-0.2, 0) is 7.05 Å². The third-order valence-corrected chi connectivity index (χ3v) is 2.56. The van der Waals surface area contributed by atoms with Crippen LogP contribution in [0.2, 0.25) is 0 Å². The number of pyridine rings is 1. The first-order chi connectivity index (χ1) is 6.75. The Balaban J connectivity index is 2.19. The van der Waals surface area contributed by atoms with Crippen molar-refractivity contribution in [3.05, 3.63) is 18.3 Å². The van der Waals surface area contributed by atoms with Crippen LogP contribution in [0.25, 0.3) is 0 Å². The molecule has 14 heavy (non-hydrogen) atoms. The number of aryl methyl sites for hydroxylation is 1. The van der Waals surface area contributed by atoms with E-state index in [0.717, 1.165) is 10.1 Å². The smallest absolute Gasteiger partial charge is 0.213 e. The van der Waals surface area contributed by atoms with Crippen molar-refractivity contribution < 1.29 is 0 Å². The lowest BCUT2D eigenvalue weighted by Crippen LogP contribution is -1.93. The summed E-state index contributed by atoms with van der Waals surface area (Å²) in [6, 6.07) is 3.62. The van der Waals surface area contributed by atoms with Crippen molar-refractivity contribution in [2.75, 3.05) is 5.73 Å². The highest BCUT2D eigenvalue weighted by Crippen LogP contribution is 2.23. The molecule has 0 aliphatic carbocycles. The molecule has 0 bridgehead atoms. The molecule has 2 heterocycles. The quantitative estimate of drug-likeness (QED) is 0.766. The topological polar surface area (TPSA) is 82.5 Å². The second-order valence-corrected chi connectivity index (χ2v) is 3.65. The zero-order chi connectivity index (χ0) is 9.97. The van der Waals surface area contributed by atoms with E-state index in [0.29, 0.717) is 5.82 Å². The molecule has 0 saturated carbocycles. The summed E-state index contributed by atoms with van der Waals surface area (Å²) in [5.41, 5.74) is 5.46. The van der Waals surface area contributed by atoms with Crippen LogP contribution in [0.15, 0.2) is 28.4 Å². The second kappa shape index (κ2) is 3.62. The Labute approximate surface area is 84.5 Å². The minimum absolute atomic E-state index is 0.505. The zero-order valence-corrected chi connectivity index (χ0v) is 8.27. The van der Waals surface area contributed by atoms with Crippen molar-refractivity contribution in [1.82, 2.24) is 25.2 Å². The van der Waals surface area contributed by atoms with E-state index in [-0.39, 0.29) is 0 Å². The predicted octanol–water partition coefficient (Wildman–Crippen LogP) is 0.339. The maximum Gasteiger partial charge on any atom is 0.213 e. The van der Waals surface area contributed by atoms with Crippen LogP contribution in [0, 0.1) is 0 Å². The van der Waals surface area contributed by atoms with E-state index in [4.69, 9.17) is 5.73 Å². The van der Waals surface area contributed by atoms with Gasteiger partial charge in [0.1, 0.15) is 5.82 Å². The fraction of sp³-hybridized carbons (Fsp3) is 0.143. The lowest BCUT2D eigenvalue weighted by atomic mass is 10.5. The number of hydrogen-bond donors (Lipinski definition) is 1. The highest BCUT2D eigenvalue weighted by atomic mass is 32.2. The molecule has 0 saturated heterocycles. The molecule has 2 rings (SSSR count). The monoisotopic (exact) mass is 208 g/mol. The molecule has 0 amide bonds. The van der Waals surface area contributed by atoms with E-state index in [9.17, 15) is 0 Å². The van der Waals surface area contributed by atoms with Gasteiger partial charge in [0, 0.05) is 18.1 Å². The van der Waals surface area contributed by atoms with Gasteiger partial charge in [0.05, 0.1) is 0 Å². The maximum atomic E-state index is 5.46. The standard InChI is InChI=1S/C7H8N6S/c1-13-7(10-11-12-13)14-5-2-3-6(8)9-4-5/h2-4H,1H3,(H2,8,9). The molecule has 6 nitrogen and oxygen atoms in total. The second-order valence-electron chi connectivity index (χ2n) is 2.61. The van der Waals surface area contributed by atoms with Crippen LogP contribution in [0.1, 0.15) is 0 Å². The van der Waals surface area contributed by atoms with Gasteiger partial charge < -0.3 is 5.73 Å². The summed E-state index contributed by atoms with van der Waals surface area (Å²) >= 11 is 1.44. The van der Waals surface area contributed by atoms with Gasteiger partial charge in [-0.1, -0.05) is 0 Å². The lowest BCUT2D eigenvalue weighted by molar-refractivity contribution is 0.664. The molecule has 2 aromatic rings. The van der Waals surface area contributed by atoms with E-state index >= 15 is 0 Å². The largest absolute Gasteiger partial charge is 0.384 e. The predicted molar refractivity (Wildman–Crippen MR) is 51.6 cm³/mol. The number of nitrogen functional groups attached to an aromatic ring is 1. The minimum atomic E-state index is 0.505. The minimum Gasteiger partial charge on any atom is -0.384 e. The summed E-state index contributed by atoms with van der Waals surface area (Å²) in [6.07, 6.45) is 1.69. The maximum absolute atomic E-state index is 5.46. The van der Waals surface area contributed by atoms with Gasteiger partial charge in [0.2, 0.25) is 5.16 Å². The Morgan fingerprint density at radius 1 is 1.43 bits per heavy atom. The van der Waals surface area contributed by atoms with Crippen LogP contribution in [0.3, 0.4) is 0 Å². The van der Waals surface area contributed by atoms with Gasteiger partial charge in [-0.2, -0.15) is 0 Å². The number of hydrogen-bond acceptors (Lipinski definition) is 6. The van der Waals surface area contributed by atoms with Crippen molar-refractivity contribution in [3.8, 4) is 0 Å². The molecular weight excluding hydrogens is 200 g/mol. The van der Waals surface area contributed by atoms with E-state index in [2.05, 4.69) is 20.5 Å². The Hall–Kier alpha value is -1.63. The number of nitrogens with two attached hydrogens (primary N) is 1. The van der Waals surface area contributed by atoms with Crippen LogP contribution in [0.5, 0.6) is 0 Å². The first-order valence-corrected chi connectivity index (χ1v) is 4.69. The van der Waals surface area contributed by atoms with E-state index in [1.165, 1.54) is 11.8 Å². The first-order valence-electron chi connectivity index (χ1n) is 3.87. The zero-order valence-electron chi connectivity index (χ0n) is 7.45. The molecule has 0 spiro atoms. The van der Waals surface area contributed by atoms with Gasteiger partial charge in [-0.3, -0.25) is 0 Å². The third kappa shape index (κ3) is 1.82. The van der Waals surface area contributed by atoms with Crippen molar-refractivity contribution in [3.63, 3.8) is 0 Å². The van der Waals surface area contributed by atoms with Gasteiger partial charge >= 0.3 is 0 Å². The molecule has 0 aromatic carbocycles. The van der Waals surface area contributed by atoms with Crippen LogP contribution in [0.4, 0.5) is 5.82 Å². The number of nitrogens with zero attached hydrogens (tertiary/aromatic N) is 5. The molecule has 2 N–H and O–H groups in total. The average Bonchev–Trinajstić information content (AvgIpc) is 2.56. The van der Waals surface area contributed by atoms with Gasteiger partial charge in [-0.15, -0.1) is 5.10 Å². The normalized spacial score (nSPS) is 10.4. The first kappa shape index (κ1) is 8.95. The van der Waals surface area contributed by atoms with Gasteiger partial charge in [0.25, 0.3) is 0 Å². The highest BCUT2D eigenvalue weighted by molar-refractivity contribution is 7.99. The number of rotatable bonds is 2. The van der Waals surface area contributed by atoms with E-state index in [1.54, 1.807) is 24.0 Å². The van der Waals surface area contributed by atoms with Crippen molar-refractivity contribution >= 4 is 17.6 Å². The van der Waals surface area contributed by atoms with Gasteiger partial charge in [0.15, 0.2) is 0 Å². The van der Waals surface area contributed by atoms with Crippen molar-refractivity contribution in [2.45, 2.75) is 10.1 Å². The number of aromatic nitrogens is 5. The summed E-state index contributed by atoms with van der Waals surface area (Å²) in [4.78, 5) is 4.92. The molecular formula is C7H8N6S. The summed E-state index contributed by atoms with van der Waals surface area (Å²) in [6.45, 7) is 0. The lowest BCUT2D eigenvalue weighted by Gasteiger charge is -1.98. The third-order valence-electron chi connectivity index (χ3n) is 1.55. The molecule has 0 radical (unpaired) electrons. The molecule has 0 unspecified atom stereocenters. The summed E-state index contributed by atoms with van der Waals surface area (Å²) < 4.78 is 1.60. The summed E-state index contributed by atoms with van der Waals surface area (Å²) in [5.74, 6) is 0.505. The number of anilines is 1. The van der Waals surface area contributed by atoms with Crippen molar-refractivity contribution in [1.29, 1.82) is 0 Å². The van der Waals surface area contributed by atoms with E-state index < -0.39 is 0 Å². The van der Waals surface area contributed by atoms with Crippen LogP contribution in [-0.4, -0.2) is 25.2 Å².